The molecule has 2 rings (SSSR count). The van der Waals surface area contributed by atoms with E-state index in [0.29, 0.717) is 6.54 Å². The fraction of sp³-hybridized carbons (Fsp3) is 0.500. The smallest absolute Gasteiger partial charge is 0.317 e. The summed E-state index contributed by atoms with van der Waals surface area (Å²) in [7, 11) is 1.59. The molecule has 1 aromatic rings. The molecule has 2 N–H and O–H groups in total. The van der Waals surface area contributed by atoms with Crippen molar-refractivity contribution in [3.05, 3.63) is 20.8 Å². The van der Waals surface area contributed by atoms with E-state index >= 15 is 0 Å². The van der Waals surface area contributed by atoms with Crippen molar-refractivity contribution < 1.29 is 19.4 Å². The lowest BCUT2D eigenvalue weighted by Crippen LogP contribution is -2.48. The molecule has 0 saturated carbocycles. The third-order valence-corrected chi connectivity index (χ3v) is 4.85. The Labute approximate surface area is 128 Å². The fourth-order valence-electron chi connectivity index (χ4n) is 2.05. The second kappa shape index (κ2) is 6.55. The monoisotopic (exact) mass is 362 g/mol. The Morgan fingerprint density at radius 2 is 2.30 bits per heavy atom. The number of carboxylic acid groups (broad SMARTS) is 1. The number of carbonyl (C=O) groups is 2. The molecule has 110 valence electrons. The number of aliphatic carboxylic acids is 1. The zero-order chi connectivity index (χ0) is 14.7. The number of urea groups is 1. The number of thiophene rings is 1. The van der Waals surface area contributed by atoms with Gasteiger partial charge in [0.1, 0.15) is 5.92 Å². The average Bonchev–Trinajstić information content (AvgIpc) is 3.03. The molecule has 0 spiro atoms. The number of ether oxygens (including phenoxy) is 1. The molecule has 0 bridgehead atoms. The van der Waals surface area contributed by atoms with Gasteiger partial charge in [-0.25, -0.2) is 4.79 Å². The summed E-state index contributed by atoms with van der Waals surface area (Å²) in [4.78, 5) is 25.6. The Morgan fingerprint density at radius 3 is 2.90 bits per heavy atom. The van der Waals surface area contributed by atoms with Crippen molar-refractivity contribution in [3.8, 4) is 0 Å². The summed E-state index contributed by atoms with van der Waals surface area (Å²) in [5, 5.41) is 11.9. The van der Waals surface area contributed by atoms with Crippen molar-refractivity contribution in [2.24, 2.45) is 5.92 Å². The first-order valence-corrected chi connectivity index (χ1v) is 7.65. The molecule has 0 aliphatic carbocycles. The van der Waals surface area contributed by atoms with Crippen LogP contribution in [0.3, 0.4) is 0 Å². The number of hydrogen-bond donors (Lipinski definition) is 2. The molecule has 2 heterocycles. The lowest BCUT2D eigenvalue weighted by atomic mass is 10.0. The first-order valence-electron chi connectivity index (χ1n) is 6.04. The van der Waals surface area contributed by atoms with E-state index in [4.69, 9.17) is 9.84 Å². The highest BCUT2D eigenvalue weighted by Crippen LogP contribution is 2.22. The third-order valence-electron chi connectivity index (χ3n) is 3.23. The van der Waals surface area contributed by atoms with E-state index in [0.717, 1.165) is 8.66 Å². The Balaban J connectivity index is 1.90. The first kappa shape index (κ1) is 15.3. The van der Waals surface area contributed by atoms with E-state index in [-0.39, 0.29) is 19.2 Å². The minimum absolute atomic E-state index is 0.148. The second-order valence-electron chi connectivity index (χ2n) is 4.52. The van der Waals surface area contributed by atoms with Gasteiger partial charge >= 0.3 is 12.0 Å². The maximum Gasteiger partial charge on any atom is 0.317 e. The minimum atomic E-state index is -0.936. The second-order valence-corrected chi connectivity index (χ2v) is 7.07. The van der Waals surface area contributed by atoms with E-state index in [1.54, 1.807) is 18.4 Å². The predicted molar refractivity (Wildman–Crippen MR) is 77.8 cm³/mol. The largest absolute Gasteiger partial charge is 0.481 e. The van der Waals surface area contributed by atoms with Crippen LogP contribution in [0, 0.1) is 5.92 Å². The van der Waals surface area contributed by atoms with Crippen molar-refractivity contribution in [1.29, 1.82) is 0 Å². The highest BCUT2D eigenvalue weighted by atomic mass is 79.9. The lowest BCUT2D eigenvalue weighted by molar-refractivity contribution is -0.142. The highest BCUT2D eigenvalue weighted by Gasteiger charge is 2.38. The van der Waals surface area contributed by atoms with Crippen LogP contribution >= 0.6 is 27.3 Å². The van der Waals surface area contributed by atoms with Crippen LogP contribution in [0.2, 0.25) is 0 Å². The summed E-state index contributed by atoms with van der Waals surface area (Å²) in [5.74, 6) is -1.60. The highest BCUT2D eigenvalue weighted by molar-refractivity contribution is 9.11. The summed E-state index contributed by atoms with van der Waals surface area (Å²) >= 11 is 4.90. The molecule has 6 nitrogen and oxygen atoms in total. The molecule has 1 saturated heterocycles. The molecule has 8 heteroatoms. The van der Waals surface area contributed by atoms with Crippen LogP contribution in [0.4, 0.5) is 4.79 Å². The summed E-state index contributed by atoms with van der Waals surface area (Å²) in [5.41, 5.74) is 0. The molecule has 20 heavy (non-hydrogen) atoms. The summed E-state index contributed by atoms with van der Waals surface area (Å²) in [6, 6.07) is 3.12. The quantitative estimate of drug-likeness (QED) is 0.855. The molecule has 2 unspecified atom stereocenters. The number of hydrogen-bond acceptors (Lipinski definition) is 4. The standard InChI is InChI=1S/C12H15BrN2O4S/c1-15(9-6-19-5-8(9)11(16)17)12(18)14-4-7-2-3-10(13)20-7/h2-3,8-9H,4-6H2,1H3,(H,14,18)(H,16,17). The summed E-state index contributed by atoms with van der Waals surface area (Å²) < 4.78 is 6.17. The van der Waals surface area contributed by atoms with Crippen LogP contribution in [0.1, 0.15) is 4.88 Å². The Hall–Kier alpha value is -1.12. The molecule has 2 atom stereocenters. The van der Waals surface area contributed by atoms with Gasteiger partial charge in [-0.05, 0) is 28.1 Å². The molecule has 1 fully saturated rings. The molecule has 2 amide bonds. The van der Waals surface area contributed by atoms with Gasteiger partial charge in [0.05, 0.1) is 29.6 Å². The number of nitrogens with one attached hydrogen (secondary N) is 1. The van der Waals surface area contributed by atoms with E-state index < -0.39 is 17.9 Å². The van der Waals surface area contributed by atoms with Gasteiger partial charge in [-0.2, -0.15) is 0 Å². The Morgan fingerprint density at radius 1 is 1.55 bits per heavy atom. The predicted octanol–water partition coefficient (Wildman–Crippen LogP) is 1.75. The number of nitrogens with zero attached hydrogens (tertiary/aromatic N) is 1. The summed E-state index contributed by atoms with van der Waals surface area (Å²) in [6.07, 6.45) is 0. The Kier molecular flexibility index (Phi) is 5.00. The van der Waals surface area contributed by atoms with Gasteiger partial charge in [-0.1, -0.05) is 0 Å². The van der Waals surface area contributed by atoms with Gasteiger partial charge in [0.2, 0.25) is 0 Å². The van der Waals surface area contributed by atoms with Gasteiger partial charge in [0.25, 0.3) is 0 Å². The van der Waals surface area contributed by atoms with Crippen molar-refractivity contribution in [1.82, 2.24) is 10.2 Å². The zero-order valence-corrected chi connectivity index (χ0v) is 13.2. The van der Waals surface area contributed by atoms with Gasteiger partial charge in [0, 0.05) is 11.9 Å². The van der Waals surface area contributed by atoms with Gasteiger partial charge < -0.3 is 20.1 Å². The third kappa shape index (κ3) is 3.50. The fourth-order valence-corrected chi connectivity index (χ4v) is 3.47. The lowest BCUT2D eigenvalue weighted by Gasteiger charge is -2.26. The normalized spacial score (nSPS) is 21.7. The molecule has 1 aliphatic rings. The van der Waals surface area contributed by atoms with E-state index in [1.165, 1.54) is 4.90 Å². The van der Waals surface area contributed by atoms with E-state index in [9.17, 15) is 9.59 Å². The molecular weight excluding hydrogens is 348 g/mol. The SMILES string of the molecule is CN(C(=O)NCc1ccc(Br)s1)C1COCC1C(=O)O. The number of rotatable bonds is 4. The van der Waals surface area contributed by atoms with Crippen molar-refractivity contribution in [3.63, 3.8) is 0 Å². The maximum absolute atomic E-state index is 12.0. The molecular formula is C12H15BrN2O4S. The van der Waals surface area contributed by atoms with Crippen LogP contribution in [-0.2, 0) is 16.1 Å². The average molecular weight is 363 g/mol. The van der Waals surface area contributed by atoms with Crippen molar-refractivity contribution >= 4 is 39.3 Å². The van der Waals surface area contributed by atoms with Crippen molar-refractivity contribution in [2.45, 2.75) is 12.6 Å². The van der Waals surface area contributed by atoms with Gasteiger partial charge in [-0.3, -0.25) is 4.79 Å². The molecule has 1 aliphatic heterocycles. The molecule has 0 radical (unpaired) electrons. The van der Waals surface area contributed by atoms with Crippen LogP contribution < -0.4 is 5.32 Å². The van der Waals surface area contributed by atoms with Crippen LogP contribution in [0.5, 0.6) is 0 Å². The maximum atomic E-state index is 12.0. The number of carbonyl (C=O) groups excluding carboxylic acids is 1. The number of likely N-dealkylation sites (N-methyl/N-ethyl adjacent to an activating group) is 1. The molecule has 0 aromatic carbocycles. The molecule has 1 aromatic heterocycles. The number of carboxylic acids is 1. The van der Waals surface area contributed by atoms with Gasteiger partial charge in [0.15, 0.2) is 0 Å². The first-order chi connectivity index (χ1) is 9.49. The number of amides is 2. The van der Waals surface area contributed by atoms with Crippen LogP contribution in [-0.4, -0.2) is 48.3 Å². The van der Waals surface area contributed by atoms with Crippen LogP contribution in [0.25, 0.3) is 0 Å². The number of halogens is 1. The Bertz CT molecular complexity index is 507. The topological polar surface area (TPSA) is 78.9 Å². The zero-order valence-electron chi connectivity index (χ0n) is 10.8. The van der Waals surface area contributed by atoms with E-state index in [2.05, 4.69) is 21.2 Å². The minimum Gasteiger partial charge on any atom is -0.481 e. The summed E-state index contributed by atoms with van der Waals surface area (Å²) in [6.45, 7) is 0.825. The van der Waals surface area contributed by atoms with Crippen LogP contribution in [0.15, 0.2) is 15.9 Å². The van der Waals surface area contributed by atoms with E-state index in [1.807, 2.05) is 12.1 Å². The van der Waals surface area contributed by atoms with Crippen molar-refractivity contribution in [2.75, 3.05) is 20.3 Å². The van der Waals surface area contributed by atoms with Gasteiger partial charge in [-0.15, -0.1) is 11.3 Å².